The summed E-state index contributed by atoms with van der Waals surface area (Å²) < 4.78 is 44.2. The van der Waals surface area contributed by atoms with Gasteiger partial charge in [-0.05, 0) is 25.0 Å². The van der Waals surface area contributed by atoms with E-state index >= 15 is 0 Å². The Hall–Kier alpha value is -2.56. The number of nitrogens with zero attached hydrogens (tertiary/aromatic N) is 5. The van der Waals surface area contributed by atoms with Crippen molar-refractivity contribution in [2.45, 2.75) is 19.0 Å². The van der Waals surface area contributed by atoms with Crippen LogP contribution in [0.5, 0.6) is 5.88 Å². The summed E-state index contributed by atoms with van der Waals surface area (Å²) in [6, 6.07) is 2.18. The van der Waals surface area contributed by atoms with E-state index in [1.54, 1.807) is 7.05 Å². The Morgan fingerprint density at radius 3 is 2.52 bits per heavy atom. The van der Waals surface area contributed by atoms with E-state index in [9.17, 15) is 18.0 Å². The van der Waals surface area contributed by atoms with Crippen LogP contribution in [-0.2, 0) is 11.0 Å². The molecule has 1 amide bonds. The van der Waals surface area contributed by atoms with Gasteiger partial charge in [0.15, 0.2) is 5.96 Å². The molecule has 3 rings (SSSR count). The molecule has 31 heavy (non-hydrogen) atoms. The predicted molar refractivity (Wildman–Crippen MR) is 110 cm³/mol. The van der Waals surface area contributed by atoms with E-state index in [2.05, 4.69) is 25.1 Å². The van der Waals surface area contributed by atoms with Crippen molar-refractivity contribution in [2.75, 3.05) is 66.0 Å². The van der Waals surface area contributed by atoms with Crippen LogP contribution in [0.2, 0.25) is 0 Å². The van der Waals surface area contributed by atoms with E-state index in [0.29, 0.717) is 25.6 Å². The zero-order chi connectivity index (χ0) is 22.3. The highest BCUT2D eigenvalue weighted by Gasteiger charge is 2.35. The van der Waals surface area contributed by atoms with Gasteiger partial charge in [-0.25, -0.2) is 4.98 Å². The average Bonchev–Trinajstić information content (AvgIpc) is 3.29. The third-order valence-corrected chi connectivity index (χ3v) is 5.40. The second kappa shape index (κ2) is 10.7. The molecule has 11 heteroatoms. The number of guanidine groups is 1. The number of halogens is 3. The van der Waals surface area contributed by atoms with Gasteiger partial charge in [-0.2, -0.15) is 13.2 Å². The number of aliphatic imine (C=N–C) groups is 1. The van der Waals surface area contributed by atoms with Crippen molar-refractivity contribution in [3.05, 3.63) is 23.9 Å². The van der Waals surface area contributed by atoms with Gasteiger partial charge in [0.1, 0.15) is 12.2 Å². The number of carbonyl (C=O) groups is 1. The van der Waals surface area contributed by atoms with Crippen LogP contribution >= 0.6 is 0 Å². The van der Waals surface area contributed by atoms with Gasteiger partial charge < -0.3 is 19.9 Å². The van der Waals surface area contributed by atoms with Crippen LogP contribution < -0.4 is 10.1 Å². The topological polar surface area (TPSA) is 73.3 Å². The van der Waals surface area contributed by atoms with Crippen LogP contribution in [0.1, 0.15) is 18.4 Å². The first-order valence-corrected chi connectivity index (χ1v) is 10.5. The van der Waals surface area contributed by atoms with E-state index in [4.69, 9.17) is 4.74 Å². The van der Waals surface area contributed by atoms with Crippen LogP contribution in [0.15, 0.2) is 23.3 Å². The minimum Gasteiger partial charge on any atom is -0.475 e. The maximum Gasteiger partial charge on any atom is 0.421 e. The van der Waals surface area contributed by atoms with Crippen LogP contribution in [0, 0.1) is 0 Å². The molecule has 0 aliphatic carbocycles. The van der Waals surface area contributed by atoms with Crippen molar-refractivity contribution in [2.24, 2.45) is 4.99 Å². The summed E-state index contributed by atoms with van der Waals surface area (Å²) in [7, 11) is 1.66. The van der Waals surface area contributed by atoms with E-state index in [-0.39, 0.29) is 19.1 Å². The van der Waals surface area contributed by atoms with E-state index < -0.39 is 17.6 Å². The van der Waals surface area contributed by atoms with Crippen molar-refractivity contribution < 1.29 is 22.7 Å². The SMILES string of the molecule is CN=C(NCCOc1ncccc1C(F)(F)F)N1CCN(CC(=O)N2CCCC2)CC1. The van der Waals surface area contributed by atoms with Gasteiger partial charge in [-0.3, -0.25) is 14.7 Å². The van der Waals surface area contributed by atoms with E-state index in [0.717, 1.165) is 45.1 Å². The summed E-state index contributed by atoms with van der Waals surface area (Å²) >= 11 is 0. The third-order valence-electron chi connectivity index (χ3n) is 5.40. The molecule has 1 aromatic heterocycles. The molecule has 0 unspecified atom stereocenters. The maximum absolute atomic E-state index is 13.0. The number of amides is 1. The summed E-state index contributed by atoms with van der Waals surface area (Å²) in [6.45, 7) is 5.40. The van der Waals surface area contributed by atoms with Crippen molar-refractivity contribution in [1.29, 1.82) is 0 Å². The van der Waals surface area contributed by atoms with Crippen LogP contribution in [0.25, 0.3) is 0 Å². The van der Waals surface area contributed by atoms with Gasteiger partial charge in [-0.15, -0.1) is 0 Å². The fourth-order valence-electron chi connectivity index (χ4n) is 3.74. The molecule has 2 aliphatic heterocycles. The molecule has 0 radical (unpaired) electrons. The summed E-state index contributed by atoms with van der Waals surface area (Å²) in [5.74, 6) is 0.424. The molecule has 0 spiro atoms. The van der Waals surface area contributed by atoms with Crippen LogP contribution in [0.4, 0.5) is 13.2 Å². The van der Waals surface area contributed by atoms with Gasteiger partial charge in [-0.1, -0.05) is 0 Å². The molecule has 0 saturated carbocycles. The molecule has 0 bridgehead atoms. The minimum atomic E-state index is -4.51. The molecule has 1 N–H and O–H groups in total. The van der Waals surface area contributed by atoms with Crippen LogP contribution in [0.3, 0.4) is 0 Å². The number of hydrogen-bond donors (Lipinski definition) is 1. The highest BCUT2D eigenvalue weighted by Crippen LogP contribution is 2.34. The monoisotopic (exact) mass is 442 g/mol. The lowest BCUT2D eigenvalue weighted by atomic mass is 10.2. The Bertz CT molecular complexity index is 760. The fourth-order valence-corrected chi connectivity index (χ4v) is 3.74. The summed E-state index contributed by atoms with van der Waals surface area (Å²) in [4.78, 5) is 26.4. The number of rotatable bonds is 6. The number of piperazine rings is 1. The lowest BCUT2D eigenvalue weighted by Gasteiger charge is -2.36. The van der Waals surface area contributed by atoms with Crippen molar-refractivity contribution >= 4 is 11.9 Å². The van der Waals surface area contributed by atoms with Crippen molar-refractivity contribution in [1.82, 2.24) is 25.0 Å². The Kier molecular flexibility index (Phi) is 7.94. The summed E-state index contributed by atoms with van der Waals surface area (Å²) in [6.07, 6.45) is -1.07. The lowest BCUT2D eigenvalue weighted by molar-refractivity contribution is -0.139. The molecule has 1 aromatic rings. The number of likely N-dealkylation sites (tertiary alicyclic amines) is 1. The van der Waals surface area contributed by atoms with E-state index in [1.165, 1.54) is 12.3 Å². The van der Waals surface area contributed by atoms with Gasteiger partial charge in [0.25, 0.3) is 0 Å². The number of ether oxygens (including phenoxy) is 1. The second-order valence-electron chi connectivity index (χ2n) is 7.53. The van der Waals surface area contributed by atoms with Gasteiger partial charge in [0, 0.05) is 52.5 Å². The first-order valence-electron chi connectivity index (χ1n) is 10.5. The highest BCUT2D eigenvalue weighted by atomic mass is 19.4. The largest absolute Gasteiger partial charge is 0.475 e. The summed E-state index contributed by atoms with van der Waals surface area (Å²) in [5, 5.41) is 3.12. The number of alkyl halides is 3. The molecule has 2 aliphatic rings. The van der Waals surface area contributed by atoms with Gasteiger partial charge in [0.05, 0.1) is 13.1 Å². The number of aromatic nitrogens is 1. The number of pyridine rings is 1. The molecule has 3 heterocycles. The van der Waals surface area contributed by atoms with Gasteiger partial charge >= 0.3 is 6.18 Å². The molecule has 2 saturated heterocycles. The zero-order valence-corrected chi connectivity index (χ0v) is 17.7. The van der Waals surface area contributed by atoms with E-state index in [1.807, 2.05) is 4.90 Å². The molecule has 0 aromatic carbocycles. The Morgan fingerprint density at radius 2 is 1.87 bits per heavy atom. The van der Waals surface area contributed by atoms with Crippen molar-refractivity contribution in [3.8, 4) is 5.88 Å². The molecule has 0 atom stereocenters. The second-order valence-corrected chi connectivity index (χ2v) is 7.53. The maximum atomic E-state index is 13.0. The van der Waals surface area contributed by atoms with Gasteiger partial charge in [0.2, 0.25) is 11.8 Å². The quantitative estimate of drug-likeness (QED) is 0.407. The zero-order valence-electron chi connectivity index (χ0n) is 17.7. The third kappa shape index (κ3) is 6.46. The normalized spacial score (nSPS) is 18.4. The highest BCUT2D eigenvalue weighted by molar-refractivity contribution is 5.80. The predicted octanol–water partition coefficient (Wildman–Crippen LogP) is 1.29. The first-order chi connectivity index (χ1) is 14.9. The Balaban J connectivity index is 1.40. The first kappa shape index (κ1) is 23.1. The molecule has 8 nitrogen and oxygen atoms in total. The molecule has 172 valence electrons. The minimum absolute atomic E-state index is 0.0173. The molecular formula is C20H29F3N6O2. The lowest BCUT2D eigenvalue weighted by Crippen LogP contribution is -2.54. The molecular weight excluding hydrogens is 413 g/mol. The summed E-state index contributed by atoms with van der Waals surface area (Å²) in [5.41, 5.74) is -0.890. The smallest absolute Gasteiger partial charge is 0.421 e. The fraction of sp³-hybridized carbons (Fsp3) is 0.650. The number of nitrogens with one attached hydrogen (secondary N) is 1. The molecule has 2 fully saturated rings. The average molecular weight is 442 g/mol. The van der Waals surface area contributed by atoms with Crippen molar-refractivity contribution in [3.63, 3.8) is 0 Å². The van der Waals surface area contributed by atoms with Crippen LogP contribution in [-0.4, -0.2) is 97.6 Å². The standard InChI is InChI=1S/C20H29F3N6O2/c1-24-19(26-7-14-31-18-16(20(21,22)23)5-4-6-25-18)29-12-10-27(11-13-29)15-17(30)28-8-2-3-9-28/h4-6H,2-3,7-15H2,1H3,(H,24,26). The number of hydrogen-bond acceptors (Lipinski definition) is 5. The Morgan fingerprint density at radius 1 is 1.16 bits per heavy atom. The number of carbonyl (C=O) groups excluding carboxylic acids is 1. The Labute approximate surface area is 180 Å².